The van der Waals surface area contributed by atoms with Crippen LogP contribution in [0.4, 0.5) is 0 Å². The minimum Gasteiger partial charge on any atom is -0.351 e. The first-order chi connectivity index (χ1) is 12.0. The Morgan fingerprint density at radius 2 is 1.32 bits per heavy atom. The Bertz CT molecular complexity index is 702. The average Bonchev–Trinajstić information content (AvgIpc) is 3.42. The minimum absolute atomic E-state index is 0.193. The molecule has 0 heterocycles. The van der Waals surface area contributed by atoms with Crippen LogP contribution in [0.1, 0.15) is 29.5 Å². The summed E-state index contributed by atoms with van der Waals surface area (Å²) in [5.41, 5.74) is 2.25. The van der Waals surface area contributed by atoms with Gasteiger partial charge in [-0.15, -0.1) is 0 Å². The maximum atomic E-state index is 12.5. The summed E-state index contributed by atoms with van der Waals surface area (Å²) in [6.45, 7) is 2.85. The molecule has 2 aromatic rings. The van der Waals surface area contributed by atoms with E-state index in [4.69, 9.17) is 11.6 Å². The minimum atomic E-state index is -0.906. The first kappa shape index (κ1) is 17.5. The maximum Gasteiger partial charge on any atom is 0.235 e. The molecule has 2 amide bonds. The standard InChI is InChI=1S/C20H21ClN2O2/c1-14-2-4-15(5-3-14)12-22-18(24)20(10-11-20)19(25)23-13-16-6-8-17(21)9-7-16/h2-9H,10-13H2,1H3,(H,22,24)(H,23,25). The van der Waals surface area contributed by atoms with Gasteiger partial charge in [-0.2, -0.15) is 0 Å². The quantitative estimate of drug-likeness (QED) is 0.780. The Labute approximate surface area is 152 Å². The van der Waals surface area contributed by atoms with Crippen LogP contribution in [0.25, 0.3) is 0 Å². The van der Waals surface area contributed by atoms with Crippen molar-refractivity contribution < 1.29 is 9.59 Å². The molecule has 0 bridgehead atoms. The third-order valence-electron chi connectivity index (χ3n) is 4.56. The number of carbonyl (C=O) groups excluding carboxylic acids is 2. The predicted octanol–water partition coefficient (Wildman–Crippen LogP) is 3.36. The van der Waals surface area contributed by atoms with Gasteiger partial charge < -0.3 is 10.6 Å². The van der Waals surface area contributed by atoms with Crippen LogP contribution >= 0.6 is 11.6 Å². The van der Waals surface area contributed by atoms with E-state index < -0.39 is 5.41 Å². The van der Waals surface area contributed by atoms with E-state index in [1.807, 2.05) is 43.3 Å². The number of aryl methyl sites for hydroxylation is 1. The lowest BCUT2D eigenvalue weighted by atomic mass is 10.0. The summed E-state index contributed by atoms with van der Waals surface area (Å²) in [7, 11) is 0. The normalized spacial score (nSPS) is 14.6. The predicted molar refractivity (Wildman–Crippen MR) is 98.0 cm³/mol. The Hall–Kier alpha value is -2.33. The fourth-order valence-corrected chi connectivity index (χ4v) is 2.82. The highest BCUT2D eigenvalue weighted by atomic mass is 35.5. The molecule has 0 atom stereocenters. The van der Waals surface area contributed by atoms with Crippen molar-refractivity contribution in [1.29, 1.82) is 0 Å². The topological polar surface area (TPSA) is 58.2 Å². The molecular weight excluding hydrogens is 336 g/mol. The van der Waals surface area contributed by atoms with Gasteiger partial charge in [-0.3, -0.25) is 9.59 Å². The molecule has 0 radical (unpaired) electrons. The van der Waals surface area contributed by atoms with Crippen LogP contribution in [-0.2, 0) is 22.7 Å². The van der Waals surface area contributed by atoms with E-state index in [2.05, 4.69) is 10.6 Å². The summed E-state index contributed by atoms with van der Waals surface area (Å²) in [6.07, 6.45) is 1.19. The zero-order chi connectivity index (χ0) is 17.9. The molecule has 25 heavy (non-hydrogen) atoms. The molecule has 4 nitrogen and oxygen atoms in total. The van der Waals surface area contributed by atoms with Gasteiger partial charge in [-0.25, -0.2) is 0 Å². The monoisotopic (exact) mass is 356 g/mol. The molecule has 2 aromatic carbocycles. The molecule has 1 aliphatic carbocycles. The largest absolute Gasteiger partial charge is 0.351 e. The van der Waals surface area contributed by atoms with Gasteiger partial charge in [0.15, 0.2) is 0 Å². The van der Waals surface area contributed by atoms with Gasteiger partial charge in [0, 0.05) is 18.1 Å². The van der Waals surface area contributed by atoms with Crippen LogP contribution in [0, 0.1) is 12.3 Å². The van der Waals surface area contributed by atoms with Crippen molar-refractivity contribution in [3.63, 3.8) is 0 Å². The van der Waals surface area contributed by atoms with Crippen molar-refractivity contribution in [2.24, 2.45) is 5.41 Å². The van der Waals surface area contributed by atoms with E-state index in [1.165, 1.54) is 5.56 Å². The van der Waals surface area contributed by atoms with Crippen molar-refractivity contribution in [3.8, 4) is 0 Å². The Kier molecular flexibility index (Phi) is 5.09. The second kappa shape index (κ2) is 7.28. The zero-order valence-corrected chi connectivity index (χ0v) is 14.9. The highest BCUT2D eigenvalue weighted by Gasteiger charge is 2.56. The number of hydrogen-bond acceptors (Lipinski definition) is 2. The fourth-order valence-electron chi connectivity index (χ4n) is 2.69. The molecule has 1 saturated carbocycles. The van der Waals surface area contributed by atoms with Crippen molar-refractivity contribution in [1.82, 2.24) is 10.6 Å². The lowest BCUT2D eigenvalue weighted by molar-refractivity contribution is -0.137. The van der Waals surface area contributed by atoms with Crippen molar-refractivity contribution >= 4 is 23.4 Å². The summed E-state index contributed by atoms with van der Waals surface area (Å²) >= 11 is 5.85. The Morgan fingerprint density at radius 3 is 1.76 bits per heavy atom. The number of carbonyl (C=O) groups is 2. The Morgan fingerprint density at radius 1 is 0.880 bits per heavy atom. The van der Waals surface area contributed by atoms with Crippen LogP contribution in [0.3, 0.4) is 0 Å². The summed E-state index contributed by atoms with van der Waals surface area (Å²) < 4.78 is 0. The summed E-state index contributed by atoms with van der Waals surface area (Å²) in [5, 5.41) is 6.41. The SMILES string of the molecule is Cc1ccc(CNC(=O)C2(C(=O)NCc3ccc(Cl)cc3)CC2)cc1. The fraction of sp³-hybridized carbons (Fsp3) is 0.300. The molecule has 2 N–H and O–H groups in total. The van der Waals surface area contributed by atoms with Gasteiger partial charge in [0.2, 0.25) is 11.8 Å². The lowest BCUT2D eigenvalue weighted by Gasteiger charge is -2.15. The molecule has 1 fully saturated rings. The van der Waals surface area contributed by atoms with Crippen molar-refractivity contribution in [3.05, 3.63) is 70.2 Å². The van der Waals surface area contributed by atoms with Crippen LogP contribution in [0.5, 0.6) is 0 Å². The number of amides is 2. The van der Waals surface area contributed by atoms with E-state index in [9.17, 15) is 9.59 Å². The summed E-state index contributed by atoms with van der Waals surface area (Å²) in [6, 6.07) is 15.3. The van der Waals surface area contributed by atoms with Crippen molar-refractivity contribution in [2.45, 2.75) is 32.9 Å². The van der Waals surface area contributed by atoms with E-state index in [0.717, 1.165) is 11.1 Å². The zero-order valence-electron chi connectivity index (χ0n) is 14.1. The highest BCUT2D eigenvalue weighted by Crippen LogP contribution is 2.46. The number of nitrogens with one attached hydrogen (secondary N) is 2. The smallest absolute Gasteiger partial charge is 0.235 e. The van der Waals surface area contributed by atoms with E-state index in [0.29, 0.717) is 31.0 Å². The molecular formula is C20H21ClN2O2. The van der Waals surface area contributed by atoms with E-state index >= 15 is 0 Å². The lowest BCUT2D eigenvalue weighted by Crippen LogP contribution is -2.42. The molecule has 0 saturated heterocycles. The molecule has 1 aliphatic rings. The number of halogens is 1. The maximum absolute atomic E-state index is 12.5. The van der Waals surface area contributed by atoms with Gasteiger partial charge in [0.1, 0.15) is 5.41 Å². The molecule has 0 spiro atoms. The summed E-state index contributed by atoms with van der Waals surface area (Å²) in [4.78, 5) is 24.9. The third-order valence-corrected chi connectivity index (χ3v) is 4.81. The van der Waals surface area contributed by atoms with Gasteiger partial charge in [-0.1, -0.05) is 53.6 Å². The van der Waals surface area contributed by atoms with Crippen molar-refractivity contribution in [2.75, 3.05) is 0 Å². The van der Waals surface area contributed by atoms with Crippen LogP contribution in [-0.4, -0.2) is 11.8 Å². The van der Waals surface area contributed by atoms with E-state index in [-0.39, 0.29) is 11.8 Å². The first-order valence-electron chi connectivity index (χ1n) is 8.36. The first-order valence-corrected chi connectivity index (χ1v) is 8.74. The number of hydrogen-bond donors (Lipinski definition) is 2. The van der Waals surface area contributed by atoms with Gasteiger partial charge in [-0.05, 0) is 43.0 Å². The van der Waals surface area contributed by atoms with Gasteiger partial charge in [0.25, 0.3) is 0 Å². The molecule has 0 unspecified atom stereocenters. The molecule has 0 aromatic heterocycles. The number of benzene rings is 2. The molecule has 130 valence electrons. The molecule has 5 heteroatoms. The van der Waals surface area contributed by atoms with Crippen LogP contribution < -0.4 is 10.6 Å². The van der Waals surface area contributed by atoms with Crippen LogP contribution in [0.2, 0.25) is 5.02 Å². The molecule has 0 aliphatic heterocycles. The second-order valence-corrected chi connectivity index (χ2v) is 7.00. The Balaban J connectivity index is 1.53. The summed E-state index contributed by atoms with van der Waals surface area (Å²) in [5.74, 6) is -0.398. The van der Waals surface area contributed by atoms with E-state index in [1.54, 1.807) is 12.1 Å². The third kappa shape index (κ3) is 4.20. The van der Waals surface area contributed by atoms with Crippen LogP contribution in [0.15, 0.2) is 48.5 Å². The molecule has 3 rings (SSSR count). The van der Waals surface area contributed by atoms with Gasteiger partial charge >= 0.3 is 0 Å². The highest BCUT2D eigenvalue weighted by molar-refractivity contribution is 6.30. The average molecular weight is 357 g/mol. The van der Waals surface area contributed by atoms with Gasteiger partial charge in [0.05, 0.1) is 0 Å². The second-order valence-electron chi connectivity index (χ2n) is 6.56. The number of rotatable bonds is 6.